The van der Waals surface area contributed by atoms with E-state index < -0.39 is 5.97 Å². The van der Waals surface area contributed by atoms with Crippen LogP contribution in [0.15, 0.2) is 45.5 Å². The second kappa shape index (κ2) is 6.16. The molecule has 1 aromatic carbocycles. The number of nitrogens with zero attached hydrogens (tertiary/aromatic N) is 1. The van der Waals surface area contributed by atoms with E-state index in [9.17, 15) is 4.79 Å². The molecule has 0 aliphatic carbocycles. The van der Waals surface area contributed by atoms with Gasteiger partial charge in [0.1, 0.15) is 12.1 Å². The van der Waals surface area contributed by atoms with Crippen LogP contribution >= 0.6 is 31.9 Å². The molecular formula is C13H9Br2NO3. The Balaban J connectivity index is 2.34. The Hall–Kier alpha value is -1.40. The van der Waals surface area contributed by atoms with E-state index in [2.05, 4.69) is 36.8 Å². The molecule has 0 saturated carbocycles. The largest absolute Gasteiger partial charge is 0.486 e. The summed E-state index contributed by atoms with van der Waals surface area (Å²) in [4.78, 5) is 14.7. The van der Waals surface area contributed by atoms with E-state index in [4.69, 9.17) is 9.84 Å². The van der Waals surface area contributed by atoms with Crippen molar-refractivity contribution in [1.29, 1.82) is 0 Å². The first-order valence-electron chi connectivity index (χ1n) is 5.34. The zero-order chi connectivity index (χ0) is 13.8. The molecule has 6 heteroatoms. The van der Waals surface area contributed by atoms with Crippen molar-refractivity contribution in [3.8, 4) is 5.75 Å². The van der Waals surface area contributed by atoms with Gasteiger partial charge in [0.05, 0.1) is 4.47 Å². The number of ether oxygens (including phenoxy) is 1. The first kappa shape index (κ1) is 14.0. The molecule has 2 aromatic rings. The van der Waals surface area contributed by atoms with Gasteiger partial charge < -0.3 is 9.84 Å². The van der Waals surface area contributed by atoms with Gasteiger partial charge in [-0.2, -0.15) is 0 Å². The van der Waals surface area contributed by atoms with E-state index in [1.807, 2.05) is 18.2 Å². The summed E-state index contributed by atoms with van der Waals surface area (Å²) in [5.41, 5.74) is 0.715. The summed E-state index contributed by atoms with van der Waals surface area (Å²) in [7, 11) is 0. The van der Waals surface area contributed by atoms with Crippen molar-refractivity contribution in [2.24, 2.45) is 0 Å². The SMILES string of the molecule is O=C(O)C=CCOc1c(Br)cc(Br)c2cccnc12. The Labute approximate surface area is 126 Å². The fraction of sp³-hybridized carbons (Fsp3) is 0.0769. The van der Waals surface area contributed by atoms with Crippen LogP contribution in [0.2, 0.25) is 0 Å². The van der Waals surface area contributed by atoms with Crippen LogP contribution in [0.3, 0.4) is 0 Å². The molecule has 19 heavy (non-hydrogen) atoms. The maximum absolute atomic E-state index is 10.4. The van der Waals surface area contributed by atoms with Crippen LogP contribution in [0.5, 0.6) is 5.75 Å². The second-order valence-corrected chi connectivity index (χ2v) is 5.33. The van der Waals surface area contributed by atoms with E-state index >= 15 is 0 Å². The predicted molar refractivity (Wildman–Crippen MR) is 79.4 cm³/mol. The minimum absolute atomic E-state index is 0.165. The van der Waals surface area contributed by atoms with Gasteiger partial charge in [-0.1, -0.05) is 22.0 Å². The van der Waals surface area contributed by atoms with Gasteiger partial charge in [-0.05, 0) is 34.1 Å². The Morgan fingerprint density at radius 3 is 2.95 bits per heavy atom. The van der Waals surface area contributed by atoms with Crippen molar-refractivity contribution in [2.75, 3.05) is 6.61 Å². The van der Waals surface area contributed by atoms with E-state index in [1.165, 1.54) is 6.08 Å². The number of fused-ring (bicyclic) bond motifs is 1. The van der Waals surface area contributed by atoms with Crippen LogP contribution in [0, 0.1) is 0 Å². The molecule has 0 saturated heterocycles. The normalized spacial score (nSPS) is 11.1. The summed E-state index contributed by atoms with van der Waals surface area (Å²) >= 11 is 6.88. The van der Waals surface area contributed by atoms with E-state index in [0.29, 0.717) is 11.3 Å². The van der Waals surface area contributed by atoms with Gasteiger partial charge >= 0.3 is 5.97 Å². The van der Waals surface area contributed by atoms with Gasteiger partial charge in [0.2, 0.25) is 0 Å². The molecular weight excluding hydrogens is 378 g/mol. The first-order valence-corrected chi connectivity index (χ1v) is 6.93. The molecule has 0 aliphatic heterocycles. The Bertz CT molecular complexity index is 656. The van der Waals surface area contributed by atoms with E-state index in [-0.39, 0.29) is 6.61 Å². The molecule has 0 radical (unpaired) electrons. The van der Waals surface area contributed by atoms with Gasteiger partial charge in [0.25, 0.3) is 0 Å². The first-order chi connectivity index (χ1) is 9.09. The third kappa shape index (κ3) is 3.33. The van der Waals surface area contributed by atoms with Gasteiger partial charge in [-0.15, -0.1) is 0 Å². The maximum Gasteiger partial charge on any atom is 0.328 e. The lowest BCUT2D eigenvalue weighted by Crippen LogP contribution is -1.98. The van der Waals surface area contributed by atoms with E-state index in [1.54, 1.807) is 6.20 Å². The lowest BCUT2D eigenvalue weighted by atomic mass is 10.2. The molecule has 0 amide bonds. The second-order valence-electron chi connectivity index (χ2n) is 3.62. The van der Waals surface area contributed by atoms with Crippen LogP contribution in [0.4, 0.5) is 0 Å². The van der Waals surface area contributed by atoms with Crippen molar-refractivity contribution in [3.05, 3.63) is 45.5 Å². The highest BCUT2D eigenvalue weighted by Crippen LogP contribution is 2.37. The summed E-state index contributed by atoms with van der Waals surface area (Å²) in [6.07, 6.45) is 4.16. The molecule has 0 bridgehead atoms. The van der Waals surface area contributed by atoms with Crippen LogP contribution in [0.1, 0.15) is 0 Å². The highest BCUT2D eigenvalue weighted by Gasteiger charge is 2.11. The van der Waals surface area contributed by atoms with Crippen molar-refractivity contribution >= 4 is 48.7 Å². The molecule has 1 N–H and O–H groups in total. The fourth-order valence-corrected chi connectivity index (χ4v) is 2.95. The Morgan fingerprint density at radius 1 is 1.42 bits per heavy atom. The van der Waals surface area contributed by atoms with Gasteiger partial charge in [-0.25, -0.2) is 4.79 Å². The van der Waals surface area contributed by atoms with Gasteiger partial charge in [0.15, 0.2) is 5.75 Å². The number of pyridine rings is 1. The number of carboxylic acid groups (broad SMARTS) is 1. The third-order valence-corrected chi connectivity index (χ3v) is 3.58. The lowest BCUT2D eigenvalue weighted by molar-refractivity contribution is -0.131. The van der Waals surface area contributed by atoms with Crippen LogP contribution in [-0.2, 0) is 4.79 Å². The monoisotopic (exact) mass is 385 g/mol. The summed E-state index contributed by atoms with van der Waals surface area (Å²) in [5, 5.41) is 9.44. The molecule has 0 atom stereocenters. The number of rotatable bonds is 4. The number of halogens is 2. The molecule has 0 aliphatic rings. The van der Waals surface area contributed by atoms with Crippen LogP contribution in [-0.4, -0.2) is 22.7 Å². The van der Waals surface area contributed by atoms with Crippen molar-refractivity contribution in [2.45, 2.75) is 0 Å². The van der Waals surface area contributed by atoms with Crippen LogP contribution < -0.4 is 4.74 Å². The lowest BCUT2D eigenvalue weighted by Gasteiger charge is -2.10. The minimum Gasteiger partial charge on any atom is -0.486 e. The predicted octanol–water partition coefficient (Wildman–Crippen LogP) is 3.78. The van der Waals surface area contributed by atoms with Gasteiger partial charge in [0, 0.05) is 22.1 Å². The van der Waals surface area contributed by atoms with Crippen LogP contribution in [0.25, 0.3) is 10.9 Å². The van der Waals surface area contributed by atoms with Crippen molar-refractivity contribution in [1.82, 2.24) is 4.98 Å². The maximum atomic E-state index is 10.4. The number of carbonyl (C=O) groups is 1. The molecule has 1 aromatic heterocycles. The Morgan fingerprint density at radius 2 is 2.21 bits per heavy atom. The summed E-state index contributed by atoms with van der Waals surface area (Å²) < 4.78 is 7.25. The molecule has 0 fully saturated rings. The quantitative estimate of drug-likeness (QED) is 0.812. The fourth-order valence-electron chi connectivity index (χ4n) is 1.56. The van der Waals surface area contributed by atoms with Crippen molar-refractivity contribution < 1.29 is 14.6 Å². The molecule has 0 spiro atoms. The van der Waals surface area contributed by atoms with E-state index in [0.717, 1.165) is 20.4 Å². The summed E-state index contributed by atoms with van der Waals surface area (Å²) in [6.45, 7) is 0.165. The highest BCUT2D eigenvalue weighted by atomic mass is 79.9. The Kier molecular flexibility index (Phi) is 4.55. The zero-order valence-electron chi connectivity index (χ0n) is 9.64. The smallest absolute Gasteiger partial charge is 0.328 e. The number of carboxylic acids is 1. The molecule has 1 heterocycles. The number of aromatic nitrogens is 1. The minimum atomic E-state index is -0.999. The number of benzene rings is 1. The average Bonchev–Trinajstić information content (AvgIpc) is 2.37. The average molecular weight is 387 g/mol. The number of aliphatic carboxylic acids is 1. The summed E-state index contributed by atoms with van der Waals surface area (Å²) in [6, 6.07) is 5.65. The van der Waals surface area contributed by atoms with Crippen molar-refractivity contribution in [3.63, 3.8) is 0 Å². The highest BCUT2D eigenvalue weighted by molar-refractivity contribution is 9.11. The number of hydrogen-bond acceptors (Lipinski definition) is 3. The number of hydrogen-bond donors (Lipinski definition) is 1. The molecule has 2 rings (SSSR count). The third-order valence-electron chi connectivity index (χ3n) is 2.33. The molecule has 0 unspecified atom stereocenters. The zero-order valence-corrected chi connectivity index (χ0v) is 12.8. The molecule has 4 nitrogen and oxygen atoms in total. The summed E-state index contributed by atoms with van der Waals surface area (Å²) in [5.74, 6) is -0.407. The van der Waals surface area contributed by atoms with Gasteiger partial charge in [-0.3, -0.25) is 4.98 Å². The topological polar surface area (TPSA) is 59.4 Å². The molecule has 98 valence electrons. The standard InChI is InChI=1S/C13H9Br2NO3/c14-9-7-10(15)13(19-6-2-4-11(17)18)12-8(9)3-1-5-16-12/h1-5,7H,6H2,(H,17,18).